The van der Waals surface area contributed by atoms with E-state index < -0.39 is 0 Å². The van der Waals surface area contributed by atoms with Crippen LogP contribution < -0.4 is 10.9 Å². The van der Waals surface area contributed by atoms with Crippen LogP contribution >= 0.6 is 11.6 Å². The SMILES string of the molecule is COCCn1ncc(NCCc2ncc[nH]2)c(Cl)c1=O. The Morgan fingerprint density at radius 1 is 1.55 bits per heavy atom. The highest BCUT2D eigenvalue weighted by atomic mass is 35.5. The number of nitrogens with zero attached hydrogens (tertiary/aromatic N) is 3. The molecule has 0 amide bonds. The van der Waals surface area contributed by atoms with E-state index in [2.05, 4.69) is 20.4 Å². The fourth-order valence-corrected chi connectivity index (χ4v) is 1.89. The Morgan fingerprint density at radius 3 is 3.10 bits per heavy atom. The number of H-pyrrole nitrogens is 1. The molecular weight excluding hydrogens is 282 g/mol. The molecule has 7 nitrogen and oxygen atoms in total. The summed E-state index contributed by atoms with van der Waals surface area (Å²) in [5, 5.41) is 7.26. The van der Waals surface area contributed by atoms with Crippen molar-refractivity contribution in [3.63, 3.8) is 0 Å². The van der Waals surface area contributed by atoms with Gasteiger partial charge in [-0.1, -0.05) is 11.6 Å². The first-order valence-electron chi connectivity index (χ1n) is 6.19. The molecule has 0 saturated carbocycles. The summed E-state index contributed by atoms with van der Waals surface area (Å²) in [5.41, 5.74) is 0.198. The van der Waals surface area contributed by atoms with Crippen LogP contribution in [-0.2, 0) is 17.7 Å². The van der Waals surface area contributed by atoms with E-state index in [9.17, 15) is 4.79 Å². The van der Waals surface area contributed by atoms with E-state index in [1.807, 2.05) is 0 Å². The molecule has 0 spiro atoms. The van der Waals surface area contributed by atoms with Crippen molar-refractivity contribution in [2.45, 2.75) is 13.0 Å². The van der Waals surface area contributed by atoms with Crippen molar-refractivity contribution < 1.29 is 4.74 Å². The lowest BCUT2D eigenvalue weighted by Gasteiger charge is -2.09. The van der Waals surface area contributed by atoms with Gasteiger partial charge in [-0.3, -0.25) is 4.79 Å². The van der Waals surface area contributed by atoms with Gasteiger partial charge in [0.25, 0.3) is 5.56 Å². The number of hydrogen-bond acceptors (Lipinski definition) is 5. The van der Waals surface area contributed by atoms with Crippen molar-refractivity contribution in [1.29, 1.82) is 0 Å². The molecule has 0 saturated heterocycles. The Bertz CT molecular complexity index is 596. The van der Waals surface area contributed by atoms with Gasteiger partial charge in [-0.2, -0.15) is 5.10 Å². The van der Waals surface area contributed by atoms with Crippen LogP contribution in [0.2, 0.25) is 5.02 Å². The van der Waals surface area contributed by atoms with Crippen LogP contribution in [0.1, 0.15) is 5.82 Å². The van der Waals surface area contributed by atoms with Crippen LogP contribution in [0.3, 0.4) is 0 Å². The van der Waals surface area contributed by atoms with E-state index in [0.29, 0.717) is 31.8 Å². The van der Waals surface area contributed by atoms with Gasteiger partial charge in [0.2, 0.25) is 0 Å². The van der Waals surface area contributed by atoms with Gasteiger partial charge in [0.1, 0.15) is 10.8 Å². The summed E-state index contributed by atoms with van der Waals surface area (Å²) in [6.07, 6.45) is 5.71. The average molecular weight is 298 g/mol. The Balaban J connectivity index is 1.98. The van der Waals surface area contributed by atoms with Gasteiger partial charge in [0, 0.05) is 32.5 Å². The first-order chi connectivity index (χ1) is 9.72. The Labute approximate surface area is 120 Å². The predicted octanol–water partition coefficient (Wildman–Crippen LogP) is 0.921. The number of rotatable bonds is 7. The van der Waals surface area contributed by atoms with Gasteiger partial charge >= 0.3 is 0 Å². The molecule has 2 N–H and O–H groups in total. The van der Waals surface area contributed by atoms with Crippen LogP contribution in [0.5, 0.6) is 0 Å². The minimum Gasteiger partial charge on any atom is -0.383 e. The van der Waals surface area contributed by atoms with E-state index in [1.165, 1.54) is 4.68 Å². The van der Waals surface area contributed by atoms with Crippen LogP contribution in [0, 0.1) is 0 Å². The molecule has 2 rings (SSSR count). The fraction of sp³-hybridized carbons (Fsp3) is 0.417. The van der Waals surface area contributed by atoms with Crippen LogP contribution in [0.25, 0.3) is 0 Å². The average Bonchev–Trinajstić information content (AvgIpc) is 2.96. The third kappa shape index (κ3) is 3.58. The summed E-state index contributed by atoms with van der Waals surface area (Å²) in [6.45, 7) is 1.40. The number of halogens is 1. The van der Waals surface area contributed by atoms with Crippen molar-refractivity contribution in [3.8, 4) is 0 Å². The van der Waals surface area contributed by atoms with Crippen LogP contribution in [0.15, 0.2) is 23.4 Å². The van der Waals surface area contributed by atoms with Gasteiger partial charge in [0.05, 0.1) is 25.0 Å². The number of aromatic nitrogens is 4. The fourth-order valence-electron chi connectivity index (χ4n) is 1.68. The number of ether oxygens (including phenoxy) is 1. The van der Waals surface area contributed by atoms with Crippen molar-refractivity contribution in [2.24, 2.45) is 0 Å². The lowest BCUT2D eigenvalue weighted by atomic mass is 10.3. The largest absolute Gasteiger partial charge is 0.383 e. The molecule has 0 aliphatic heterocycles. The van der Waals surface area contributed by atoms with Gasteiger partial charge in [-0.05, 0) is 0 Å². The standard InChI is InChI=1S/C12H16ClN5O2/c1-20-7-6-18-12(19)11(13)9(8-17-18)14-3-2-10-15-4-5-16-10/h4-5,8,14H,2-3,6-7H2,1H3,(H,15,16). The molecule has 0 fully saturated rings. The summed E-state index contributed by atoms with van der Waals surface area (Å²) in [4.78, 5) is 19.1. The summed E-state index contributed by atoms with van der Waals surface area (Å²) in [5.74, 6) is 0.870. The second-order valence-electron chi connectivity index (χ2n) is 4.11. The topological polar surface area (TPSA) is 84.8 Å². The number of nitrogens with one attached hydrogen (secondary N) is 2. The van der Waals surface area contributed by atoms with E-state index >= 15 is 0 Å². The first-order valence-corrected chi connectivity index (χ1v) is 6.57. The zero-order chi connectivity index (χ0) is 14.4. The van der Waals surface area contributed by atoms with E-state index in [4.69, 9.17) is 16.3 Å². The summed E-state index contributed by atoms with van der Waals surface area (Å²) in [6, 6.07) is 0. The summed E-state index contributed by atoms with van der Waals surface area (Å²) >= 11 is 6.04. The smallest absolute Gasteiger partial charge is 0.287 e. The number of hydrogen-bond donors (Lipinski definition) is 2. The lowest BCUT2D eigenvalue weighted by Crippen LogP contribution is -2.26. The molecule has 0 bridgehead atoms. The normalized spacial score (nSPS) is 10.7. The molecule has 2 aromatic heterocycles. The quantitative estimate of drug-likeness (QED) is 0.794. The highest BCUT2D eigenvalue weighted by molar-refractivity contribution is 6.32. The lowest BCUT2D eigenvalue weighted by molar-refractivity contribution is 0.182. The molecule has 108 valence electrons. The van der Waals surface area contributed by atoms with Gasteiger partial charge in [-0.15, -0.1) is 0 Å². The summed E-state index contributed by atoms with van der Waals surface area (Å²) in [7, 11) is 1.57. The van der Waals surface area contributed by atoms with E-state index in [1.54, 1.807) is 25.7 Å². The van der Waals surface area contributed by atoms with Crippen molar-refractivity contribution in [2.75, 3.05) is 25.6 Å². The monoisotopic (exact) mass is 297 g/mol. The van der Waals surface area contributed by atoms with Crippen molar-refractivity contribution in [3.05, 3.63) is 39.8 Å². The Kier molecular flexibility index (Phi) is 5.14. The molecule has 2 aromatic rings. The van der Waals surface area contributed by atoms with Gasteiger partial charge in [-0.25, -0.2) is 9.67 Å². The zero-order valence-electron chi connectivity index (χ0n) is 11.1. The number of aromatic amines is 1. The summed E-state index contributed by atoms with van der Waals surface area (Å²) < 4.78 is 6.19. The molecule has 0 atom stereocenters. The van der Waals surface area contributed by atoms with Crippen LogP contribution in [-0.4, -0.2) is 40.0 Å². The zero-order valence-corrected chi connectivity index (χ0v) is 11.9. The maximum Gasteiger partial charge on any atom is 0.287 e. The molecule has 0 aromatic carbocycles. The van der Waals surface area contributed by atoms with E-state index in [0.717, 1.165) is 5.82 Å². The predicted molar refractivity (Wildman–Crippen MR) is 76.2 cm³/mol. The molecule has 0 aliphatic rings. The Morgan fingerprint density at radius 2 is 2.40 bits per heavy atom. The molecule has 8 heteroatoms. The number of anilines is 1. The van der Waals surface area contributed by atoms with Crippen LogP contribution in [0.4, 0.5) is 5.69 Å². The molecule has 0 radical (unpaired) electrons. The second-order valence-corrected chi connectivity index (χ2v) is 4.48. The molecular formula is C12H16ClN5O2. The first kappa shape index (κ1) is 14.5. The maximum absolute atomic E-state index is 11.9. The highest BCUT2D eigenvalue weighted by Gasteiger charge is 2.08. The maximum atomic E-state index is 11.9. The third-order valence-corrected chi connectivity index (χ3v) is 3.09. The number of imidazole rings is 1. The number of methoxy groups -OCH3 is 1. The van der Waals surface area contributed by atoms with Crippen molar-refractivity contribution >= 4 is 17.3 Å². The van der Waals surface area contributed by atoms with E-state index in [-0.39, 0.29) is 10.6 Å². The molecule has 0 unspecified atom stereocenters. The van der Waals surface area contributed by atoms with Gasteiger partial charge in [0.15, 0.2) is 0 Å². The molecule has 0 aliphatic carbocycles. The minimum atomic E-state index is -0.327. The third-order valence-electron chi connectivity index (χ3n) is 2.72. The second kappa shape index (κ2) is 7.06. The Hall–Kier alpha value is -1.86. The van der Waals surface area contributed by atoms with Crippen molar-refractivity contribution in [1.82, 2.24) is 19.7 Å². The highest BCUT2D eigenvalue weighted by Crippen LogP contribution is 2.14. The molecule has 2 heterocycles. The minimum absolute atomic E-state index is 0.135. The molecule has 20 heavy (non-hydrogen) atoms. The van der Waals surface area contributed by atoms with Gasteiger partial charge < -0.3 is 15.0 Å².